The van der Waals surface area contributed by atoms with Crippen molar-refractivity contribution < 1.29 is 9.53 Å². The number of nitrogens with zero attached hydrogens (tertiary/aromatic N) is 3. The number of azide groups is 1. The van der Waals surface area contributed by atoms with Crippen LogP contribution in [0.15, 0.2) is 5.11 Å². The van der Waals surface area contributed by atoms with Crippen molar-refractivity contribution in [3.8, 4) is 0 Å². The minimum atomic E-state index is -0.173. The standard InChI is InChI=1S/C9H13N3O2/c10-12-11-6-7-9(3-1-2-4-9)5-8(13)14-7/h7H,1-6H2. The van der Waals surface area contributed by atoms with Crippen LogP contribution in [-0.4, -0.2) is 18.6 Å². The first-order valence-electron chi connectivity index (χ1n) is 4.97. The van der Waals surface area contributed by atoms with Gasteiger partial charge in [-0.2, -0.15) is 0 Å². The van der Waals surface area contributed by atoms with E-state index in [0.717, 1.165) is 25.7 Å². The molecule has 0 bridgehead atoms. The van der Waals surface area contributed by atoms with Crippen molar-refractivity contribution in [1.82, 2.24) is 0 Å². The molecule has 0 N–H and O–H groups in total. The highest BCUT2D eigenvalue weighted by Gasteiger charge is 2.49. The fourth-order valence-corrected chi connectivity index (χ4v) is 2.65. The van der Waals surface area contributed by atoms with Crippen LogP contribution in [0, 0.1) is 5.41 Å². The van der Waals surface area contributed by atoms with Crippen molar-refractivity contribution in [2.24, 2.45) is 10.5 Å². The summed E-state index contributed by atoms with van der Waals surface area (Å²) in [5.74, 6) is -0.134. The van der Waals surface area contributed by atoms with Gasteiger partial charge < -0.3 is 4.74 Å². The van der Waals surface area contributed by atoms with Crippen molar-refractivity contribution in [2.45, 2.75) is 38.2 Å². The Morgan fingerprint density at radius 2 is 2.29 bits per heavy atom. The Morgan fingerprint density at radius 3 is 2.93 bits per heavy atom. The van der Waals surface area contributed by atoms with Crippen LogP contribution >= 0.6 is 0 Å². The van der Waals surface area contributed by atoms with Gasteiger partial charge in [-0.15, -0.1) is 0 Å². The predicted octanol–water partition coefficient (Wildman–Crippen LogP) is 2.17. The molecule has 5 heteroatoms. The second-order valence-electron chi connectivity index (χ2n) is 4.14. The van der Waals surface area contributed by atoms with Crippen LogP contribution in [0.3, 0.4) is 0 Å². The van der Waals surface area contributed by atoms with Crippen molar-refractivity contribution in [3.05, 3.63) is 10.4 Å². The normalized spacial score (nSPS) is 28.9. The van der Waals surface area contributed by atoms with Gasteiger partial charge in [-0.3, -0.25) is 4.79 Å². The lowest BCUT2D eigenvalue weighted by Crippen LogP contribution is -2.30. The zero-order valence-corrected chi connectivity index (χ0v) is 7.98. The van der Waals surface area contributed by atoms with Gasteiger partial charge in [-0.05, 0) is 18.4 Å². The third kappa shape index (κ3) is 1.44. The molecule has 1 heterocycles. The second-order valence-corrected chi connectivity index (χ2v) is 4.14. The first-order valence-corrected chi connectivity index (χ1v) is 4.97. The van der Waals surface area contributed by atoms with E-state index in [-0.39, 0.29) is 17.5 Å². The SMILES string of the molecule is [N-]=[N+]=NCC1OC(=O)CC12CCCC2. The van der Waals surface area contributed by atoms with E-state index in [1.165, 1.54) is 0 Å². The van der Waals surface area contributed by atoms with E-state index in [0.29, 0.717) is 13.0 Å². The third-order valence-corrected chi connectivity index (χ3v) is 3.36. The highest BCUT2D eigenvalue weighted by Crippen LogP contribution is 2.49. The maximum atomic E-state index is 11.2. The minimum Gasteiger partial charge on any atom is -0.462 e. The van der Waals surface area contributed by atoms with Gasteiger partial charge in [0.05, 0.1) is 13.0 Å². The highest BCUT2D eigenvalue weighted by atomic mass is 16.6. The molecule has 0 aromatic rings. The van der Waals surface area contributed by atoms with Gasteiger partial charge in [0.2, 0.25) is 0 Å². The van der Waals surface area contributed by atoms with E-state index in [1.54, 1.807) is 0 Å². The van der Waals surface area contributed by atoms with Crippen LogP contribution in [0.5, 0.6) is 0 Å². The first-order chi connectivity index (χ1) is 6.77. The lowest BCUT2D eigenvalue weighted by Gasteiger charge is -2.26. The van der Waals surface area contributed by atoms with Crippen LogP contribution < -0.4 is 0 Å². The molecule has 0 aromatic heterocycles. The van der Waals surface area contributed by atoms with E-state index < -0.39 is 0 Å². The van der Waals surface area contributed by atoms with Gasteiger partial charge in [-0.25, -0.2) is 0 Å². The molecule has 1 aliphatic carbocycles. The van der Waals surface area contributed by atoms with Crippen LogP contribution in [0.2, 0.25) is 0 Å². The van der Waals surface area contributed by atoms with Crippen LogP contribution in [-0.2, 0) is 9.53 Å². The molecule has 0 radical (unpaired) electrons. The van der Waals surface area contributed by atoms with Crippen LogP contribution in [0.4, 0.5) is 0 Å². The number of carbonyl (C=O) groups is 1. The van der Waals surface area contributed by atoms with Gasteiger partial charge in [0.25, 0.3) is 0 Å². The fraction of sp³-hybridized carbons (Fsp3) is 0.889. The molecule has 1 spiro atoms. The topological polar surface area (TPSA) is 75.1 Å². The molecule has 2 fully saturated rings. The molecule has 1 aliphatic heterocycles. The molecule has 0 aromatic carbocycles. The van der Waals surface area contributed by atoms with Crippen molar-refractivity contribution >= 4 is 5.97 Å². The maximum absolute atomic E-state index is 11.2. The van der Waals surface area contributed by atoms with E-state index in [9.17, 15) is 4.79 Å². The van der Waals surface area contributed by atoms with Gasteiger partial charge in [0.15, 0.2) is 0 Å². The number of cyclic esters (lactones) is 1. The summed E-state index contributed by atoms with van der Waals surface area (Å²) in [6.07, 6.45) is 4.72. The quantitative estimate of drug-likeness (QED) is 0.293. The summed E-state index contributed by atoms with van der Waals surface area (Å²) in [4.78, 5) is 13.9. The van der Waals surface area contributed by atoms with Crippen LogP contribution in [0.25, 0.3) is 10.4 Å². The maximum Gasteiger partial charge on any atom is 0.306 e. The van der Waals surface area contributed by atoms with E-state index in [1.807, 2.05) is 0 Å². The molecule has 14 heavy (non-hydrogen) atoms. The summed E-state index contributed by atoms with van der Waals surface area (Å²) < 4.78 is 5.20. The van der Waals surface area contributed by atoms with Crippen molar-refractivity contribution in [2.75, 3.05) is 6.54 Å². The summed E-state index contributed by atoms with van der Waals surface area (Å²) in [5, 5.41) is 3.51. The second kappa shape index (κ2) is 3.50. The molecule has 1 atom stereocenters. The Kier molecular flexibility index (Phi) is 2.33. The zero-order valence-electron chi connectivity index (χ0n) is 7.98. The molecule has 2 aliphatic rings. The fourth-order valence-electron chi connectivity index (χ4n) is 2.65. The monoisotopic (exact) mass is 195 g/mol. The average Bonchev–Trinajstić information content (AvgIpc) is 2.72. The highest BCUT2D eigenvalue weighted by molar-refractivity contribution is 5.73. The van der Waals surface area contributed by atoms with Crippen molar-refractivity contribution in [1.29, 1.82) is 0 Å². The lowest BCUT2D eigenvalue weighted by atomic mass is 9.79. The van der Waals surface area contributed by atoms with Gasteiger partial charge in [-0.1, -0.05) is 18.0 Å². The van der Waals surface area contributed by atoms with Crippen LogP contribution in [0.1, 0.15) is 32.1 Å². The molecule has 1 unspecified atom stereocenters. The molecule has 1 saturated carbocycles. The average molecular weight is 195 g/mol. The smallest absolute Gasteiger partial charge is 0.306 e. The summed E-state index contributed by atoms with van der Waals surface area (Å²) in [7, 11) is 0. The molecular weight excluding hydrogens is 182 g/mol. The Labute approximate surface area is 82.1 Å². The summed E-state index contributed by atoms with van der Waals surface area (Å²) in [5.41, 5.74) is 8.23. The summed E-state index contributed by atoms with van der Waals surface area (Å²) in [6.45, 7) is 0.294. The molecule has 5 nitrogen and oxygen atoms in total. The molecule has 2 rings (SSSR count). The predicted molar refractivity (Wildman–Crippen MR) is 49.4 cm³/mol. The Balaban J connectivity index is 2.12. The van der Waals surface area contributed by atoms with Gasteiger partial charge >= 0.3 is 5.97 Å². The van der Waals surface area contributed by atoms with E-state index in [4.69, 9.17) is 10.3 Å². The molecule has 1 saturated heterocycles. The Bertz CT molecular complexity index is 290. The molecular formula is C9H13N3O2. The Morgan fingerprint density at radius 1 is 1.57 bits per heavy atom. The number of ether oxygens (including phenoxy) is 1. The minimum absolute atomic E-state index is 0.00866. The van der Waals surface area contributed by atoms with Gasteiger partial charge in [0, 0.05) is 10.3 Å². The lowest BCUT2D eigenvalue weighted by molar-refractivity contribution is -0.141. The number of esters is 1. The molecule has 0 amide bonds. The first kappa shape index (κ1) is 9.34. The molecule has 76 valence electrons. The largest absolute Gasteiger partial charge is 0.462 e. The van der Waals surface area contributed by atoms with E-state index in [2.05, 4.69) is 10.0 Å². The number of hydrogen-bond donors (Lipinski definition) is 0. The third-order valence-electron chi connectivity index (χ3n) is 3.36. The number of rotatable bonds is 2. The number of hydrogen-bond acceptors (Lipinski definition) is 3. The number of carbonyl (C=O) groups excluding carboxylic acids is 1. The summed E-state index contributed by atoms with van der Waals surface area (Å²) in [6, 6.07) is 0. The summed E-state index contributed by atoms with van der Waals surface area (Å²) >= 11 is 0. The Hall–Kier alpha value is -1.22. The van der Waals surface area contributed by atoms with Crippen molar-refractivity contribution in [3.63, 3.8) is 0 Å². The van der Waals surface area contributed by atoms with E-state index >= 15 is 0 Å². The zero-order chi connectivity index (χ0) is 10.0. The van der Waals surface area contributed by atoms with Gasteiger partial charge in [0.1, 0.15) is 6.10 Å².